The van der Waals surface area contributed by atoms with Crippen LogP contribution < -0.4 is 5.73 Å². The fourth-order valence-electron chi connectivity index (χ4n) is 1.55. The lowest BCUT2D eigenvalue weighted by atomic mass is 10.4. The first kappa shape index (κ1) is 11.4. The van der Waals surface area contributed by atoms with Crippen molar-refractivity contribution in [2.45, 2.75) is 17.0 Å². The van der Waals surface area contributed by atoms with Crippen molar-refractivity contribution in [3.63, 3.8) is 0 Å². The van der Waals surface area contributed by atoms with Gasteiger partial charge < -0.3 is 5.73 Å². The van der Waals surface area contributed by atoms with Gasteiger partial charge in [0.05, 0.1) is 0 Å². The van der Waals surface area contributed by atoms with Crippen LogP contribution in [0.4, 0.5) is 5.95 Å². The van der Waals surface area contributed by atoms with Crippen LogP contribution in [0.15, 0.2) is 34.7 Å². The molecule has 0 aromatic carbocycles. The molecule has 3 heterocycles. The third-order valence-corrected chi connectivity index (χ3v) is 4.15. The first-order chi connectivity index (χ1) is 8.72. The highest BCUT2D eigenvalue weighted by Gasteiger charge is 2.11. The van der Waals surface area contributed by atoms with Crippen LogP contribution in [0.2, 0.25) is 0 Å². The van der Waals surface area contributed by atoms with Gasteiger partial charge in [-0.3, -0.25) is 0 Å². The van der Waals surface area contributed by atoms with Crippen LogP contribution in [0.25, 0.3) is 10.2 Å². The Morgan fingerprint density at radius 2 is 2.22 bits per heavy atom. The molecule has 0 unspecified atom stereocenters. The van der Waals surface area contributed by atoms with Gasteiger partial charge in [0.1, 0.15) is 21.2 Å². The lowest BCUT2D eigenvalue weighted by Crippen LogP contribution is -1.95. The maximum atomic E-state index is 5.73. The van der Waals surface area contributed by atoms with Crippen LogP contribution in [-0.4, -0.2) is 19.9 Å². The molecule has 0 amide bonds. The Kier molecular flexibility index (Phi) is 2.85. The van der Waals surface area contributed by atoms with Crippen molar-refractivity contribution in [1.82, 2.24) is 19.9 Å². The van der Waals surface area contributed by atoms with Crippen LogP contribution in [0.5, 0.6) is 0 Å². The number of hydrogen-bond donors (Lipinski definition) is 1. The minimum atomic E-state index is 0.293. The van der Waals surface area contributed by atoms with Gasteiger partial charge in [-0.25, -0.2) is 19.9 Å². The quantitative estimate of drug-likeness (QED) is 0.724. The number of aromatic nitrogens is 4. The molecule has 0 fully saturated rings. The molecule has 90 valence electrons. The summed E-state index contributed by atoms with van der Waals surface area (Å²) in [6.45, 7) is 2.04. The zero-order valence-electron chi connectivity index (χ0n) is 9.49. The molecule has 3 aromatic heterocycles. The van der Waals surface area contributed by atoms with Gasteiger partial charge in [0.15, 0.2) is 0 Å². The summed E-state index contributed by atoms with van der Waals surface area (Å²) in [6.07, 6.45) is 3.22. The highest BCUT2D eigenvalue weighted by molar-refractivity contribution is 7.99. The molecule has 0 saturated heterocycles. The number of fused-ring (bicyclic) bond motifs is 1. The van der Waals surface area contributed by atoms with E-state index in [0.29, 0.717) is 5.95 Å². The fraction of sp³-hybridized carbons (Fsp3) is 0.0909. The predicted molar refractivity (Wildman–Crippen MR) is 72.7 cm³/mol. The van der Waals surface area contributed by atoms with E-state index in [1.54, 1.807) is 17.5 Å². The van der Waals surface area contributed by atoms with Crippen LogP contribution in [0, 0.1) is 6.92 Å². The molecule has 2 N–H and O–H groups in total. The van der Waals surface area contributed by atoms with E-state index in [-0.39, 0.29) is 0 Å². The van der Waals surface area contributed by atoms with E-state index in [2.05, 4.69) is 26.0 Å². The fourth-order valence-corrected chi connectivity index (χ4v) is 3.33. The van der Waals surface area contributed by atoms with Crippen molar-refractivity contribution in [2.24, 2.45) is 0 Å². The molecule has 3 aromatic rings. The molecular formula is C11H9N5S2. The molecule has 3 rings (SSSR count). The summed E-state index contributed by atoms with van der Waals surface area (Å²) in [5.74, 6) is 0.293. The second-order valence-corrected chi connectivity index (χ2v) is 5.86. The lowest BCUT2D eigenvalue weighted by molar-refractivity contribution is 1.04. The molecule has 5 nitrogen and oxygen atoms in total. The van der Waals surface area contributed by atoms with Gasteiger partial charge in [0.25, 0.3) is 0 Å². The minimum absolute atomic E-state index is 0.293. The van der Waals surface area contributed by atoms with Crippen LogP contribution in [-0.2, 0) is 0 Å². The summed E-state index contributed by atoms with van der Waals surface area (Å²) in [6, 6.07) is 3.91. The average Bonchev–Trinajstić information content (AvgIpc) is 2.71. The van der Waals surface area contributed by atoms with E-state index in [0.717, 1.165) is 20.3 Å². The van der Waals surface area contributed by atoms with Crippen molar-refractivity contribution in [2.75, 3.05) is 5.73 Å². The van der Waals surface area contributed by atoms with E-state index < -0.39 is 0 Å². The molecule has 0 saturated carbocycles. The van der Waals surface area contributed by atoms with Gasteiger partial charge in [-0.05, 0) is 30.8 Å². The number of rotatable bonds is 2. The number of thiophene rings is 1. The van der Waals surface area contributed by atoms with E-state index in [9.17, 15) is 0 Å². The topological polar surface area (TPSA) is 77.6 Å². The maximum absolute atomic E-state index is 5.73. The summed E-state index contributed by atoms with van der Waals surface area (Å²) in [7, 11) is 0. The highest BCUT2D eigenvalue weighted by atomic mass is 32.2. The Balaban J connectivity index is 2.10. The predicted octanol–water partition coefficient (Wildman–Crippen LogP) is 2.52. The van der Waals surface area contributed by atoms with Gasteiger partial charge in [-0.15, -0.1) is 11.3 Å². The number of anilines is 1. The molecule has 18 heavy (non-hydrogen) atoms. The second kappa shape index (κ2) is 4.51. The van der Waals surface area contributed by atoms with E-state index in [1.807, 2.05) is 13.0 Å². The van der Waals surface area contributed by atoms with Crippen LogP contribution in [0.1, 0.15) is 4.88 Å². The van der Waals surface area contributed by atoms with E-state index in [1.165, 1.54) is 23.0 Å². The first-order valence-electron chi connectivity index (χ1n) is 5.20. The Morgan fingerprint density at radius 1 is 1.33 bits per heavy atom. The third-order valence-electron chi connectivity index (χ3n) is 2.25. The first-order valence-corrected chi connectivity index (χ1v) is 6.83. The van der Waals surface area contributed by atoms with E-state index in [4.69, 9.17) is 5.73 Å². The Bertz CT molecular complexity index is 695. The minimum Gasteiger partial charge on any atom is -0.368 e. The van der Waals surface area contributed by atoms with Gasteiger partial charge in [-0.2, -0.15) is 0 Å². The molecule has 7 heteroatoms. The Hall–Kier alpha value is -1.73. The largest absolute Gasteiger partial charge is 0.368 e. The van der Waals surface area contributed by atoms with Crippen molar-refractivity contribution in [3.8, 4) is 0 Å². The summed E-state index contributed by atoms with van der Waals surface area (Å²) in [5, 5.41) is 2.70. The van der Waals surface area contributed by atoms with Gasteiger partial charge in [0, 0.05) is 16.5 Å². The molecule has 0 aliphatic heterocycles. The zero-order chi connectivity index (χ0) is 12.5. The molecule has 0 spiro atoms. The highest BCUT2D eigenvalue weighted by Crippen LogP contribution is 2.34. The summed E-state index contributed by atoms with van der Waals surface area (Å²) >= 11 is 3.08. The SMILES string of the molecule is Cc1cc2c(Sc3ccncn3)nc(N)nc2s1. The molecular weight excluding hydrogens is 266 g/mol. The van der Waals surface area contributed by atoms with Crippen molar-refractivity contribution in [3.05, 3.63) is 29.5 Å². The van der Waals surface area contributed by atoms with Crippen molar-refractivity contribution < 1.29 is 0 Å². The lowest BCUT2D eigenvalue weighted by Gasteiger charge is -2.02. The Morgan fingerprint density at radius 3 is 3.00 bits per heavy atom. The van der Waals surface area contributed by atoms with Gasteiger partial charge in [-0.1, -0.05) is 0 Å². The standard InChI is InChI=1S/C11H9N5S2/c1-6-4-7-9(17-6)15-11(12)16-10(7)18-8-2-3-13-5-14-8/h2-5H,1H3,(H2,12,15,16). The number of nitrogens with zero attached hydrogens (tertiary/aromatic N) is 4. The summed E-state index contributed by atoms with van der Waals surface area (Å²) < 4.78 is 0. The molecule has 0 aliphatic rings. The van der Waals surface area contributed by atoms with Crippen LogP contribution in [0.3, 0.4) is 0 Å². The summed E-state index contributed by atoms with van der Waals surface area (Å²) in [5.41, 5.74) is 5.73. The maximum Gasteiger partial charge on any atom is 0.222 e. The molecule has 0 radical (unpaired) electrons. The van der Waals surface area contributed by atoms with Gasteiger partial charge in [0.2, 0.25) is 5.95 Å². The number of aryl methyl sites for hydroxylation is 1. The Labute approximate surface area is 112 Å². The second-order valence-electron chi connectivity index (χ2n) is 3.61. The molecule has 0 aliphatic carbocycles. The third kappa shape index (κ3) is 2.14. The van der Waals surface area contributed by atoms with E-state index >= 15 is 0 Å². The molecule has 0 bridgehead atoms. The molecule has 0 atom stereocenters. The van der Waals surface area contributed by atoms with Crippen LogP contribution >= 0.6 is 23.1 Å². The monoisotopic (exact) mass is 275 g/mol. The number of nitrogen functional groups attached to an aromatic ring is 1. The normalized spacial score (nSPS) is 10.9. The number of nitrogens with two attached hydrogens (primary N) is 1. The van der Waals surface area contributed by atoms with Crippen molar-refractivity contribution in [1.29, 1.82) is 0 Å². The van der Waals surface area contributed by atoms with Crippen molar-refractivity contribution >= 4 is 39.3 Å². The summed E-state index contributed by atoms with van der Waals surface area (Å²) in [4.78, 5) is 18.7. The van der Waals surface area contributed by atoms with Gasteiger partial charge >= 0.3 is 0 Å². The number of hydrogen-bond acceptors (Lipinski definition) is 7. The average molecular weight is 275 g/mol. The zero-order valence-corrected chi connectivity index (χ0v) is 11.1. The smallest absolute Gasteiger partial charge is 0.222 e.